The second kappa shape index (κ2) is 8.17. The van der Waals surface area contributed by atoms with E-state index in [2.05, 4.69) is 19.2 Å². The Morgan fingerprint density at radius 1 is 1.09 bits per heavy atom. The molecule has 1 aromatic heterocycles. The highest BCUT2D eigenvalue weighted by molar-refractivity contribution is 6.03. The number of hydrogen-bond acceptors (Lipinski definition) is 3. The fourth-order valence-electron chi connectivity index (χ4n) is 2.37. The predicted octanol–water partition coefficient (Wildman–Crippen LogP) is 3.79. The van der Waals surface area contributed by atoms with Crippen LogP contribution in [-0.2, 0) is 0 Å². The van der Waals surface area contributed by atoms with E-state index in [0.29, 0.717) is 11.3 Å². The van der Waals surface area contributed by atoms with E-state index in [1.807, 2.05) is 4.90 Å². The van der Waals surface area contributed by atoms with Crippen molar-refractivity contribution in [2.75, 3.05) is 18.4 Å². The largest absolute Gasteiger partial charge is 0.459 e. The van der Waals surface area contributed by atoms with Gasteiger partial charge in [-0.05, 0) is 43.2 Å². The molecule has 0 aliphatic rings. The van der Waals surface area contributed by atoms with E-state index >= 15 is 0 Å². The van der Waals surface area contributed by atoms with Crippen molar-refractivity contribution in [3.63, 3.8) is 0 Å². The summed E-state index contributed by atoms with van der Waals surface area (Å²) in [5.74, 6) is -0.110. The highest BCUT2D eigenvalue weighted by Gasteiger charge is 2.15. The zero-order valence-electron chi connectivity index (χ0n) is 13.5. The maximum atomic E-state index is 12.6. The minimum Gasteiger partial charge on any atom is -0.459 e. The van der Waals surface area contributed by atoms with Crippen LogP contribution in [0.15, 0.2) is 47.1 Å². The Labute approximate surface area is 136 Å². The highest BCUT2D eigenvalue weighted by atomic mass is 16.3. The molecule has 0 fully saturated rings. The van der Waals surface area contributed by atoms with Gasteiger partial charge in [-0.25, -0.2) is 0 Å². The summed E-state index contributed by atoms with van der Waals surface area (Å²) in [6, 6.07) is 10.2. The summed E-state index contributed by atoms with van der Waals surface area (Å²) in [7, 11) is 0. The zero-order valence-corrected chi connectivity index (χ0v) is 13.5. The molecule has 5 heteroatoms. The normalized spacial score (nSPS) is 10.3. The van der Waals surface area contributed by atoms with E-state index in [1.54, 1.807) is 36.4 Å². The van der Waals surface area contributed by atoms with Crippen LogP contribution >= 0.6 is 0 Å². The first-order chi connectivity index (χ1) is 11.2. The van der Waals surface area contributed by atoms with Crippen molar-refractivity contribution >= 4 is 17.5 Å². The van der Waals surface area contributed by atoms with Gasteiger partial charge in [-0.1, -0.05) is 19.9 Å². The van der Waals surface area contributed by atoms with Gasteiger partial charge in [-0.2, -0.15) is 0 Å². The van der Waals surface area contributed by atoms with E-state index in [1.165, 1.54) is 6.26 Å². The van der Waals surface area contributed by atoms with Gasteiger partial charge in [0.25, 0.3) is 11.8 Å². The van der Waals surface area contributed by atoms with Crippen molar-refractivity contribution in [1.82, 2.24) is 4.90 Å². The summed E-state index contributed by atoms with van der Waals surface area (Å²) in [5, 5.41) is 2.74. The van der Waals surface area contributed by atoms with Gasteiger partial charge in [0.1, 0.15) is 0 Å². The first kappa shape index (κ1) is 16.8. The zero-order chi connectivity index (χ0) is 16.7. The molecule has 2 aromatic rings. The first-order valence-electron chi connectivity index (χ1n) is 7.90. The summed E-state index contributed by atoms with van der Waals surface area (Å²) >= 11 is 0. The Kier molecular flexibility index (Phi) is 5.97. The highest BCUT2D eigenvalue weighted by Crippen LogP contribution is 2.15. The van der Waals surface area contributed by atoms with Gasteiger partial charge in [-0.15, -0.1) is 0 Å². The number of amides is 2. The summed E-state index contributed by atoms with van der Waals surface area (Å²) in [5.41, 5.74) is 1.15. The molecule has 0 saturated carbocycles. The lowest BCUT2D eigenvalue weighted by molar-refractivity contribution is 0.0755. The van der Waals surface area contributed by atoms with E-state index in [-0.39, 0.29) is 17.6 Å². The molecule has 5 nitrogen and oxygen atoms in total. The first-order valence-corrected chi connectivity index (χ1v) is 7.90. The van der Waals surface area contributed by atoms with E-state index in [4.69, 9.17) is 4.42 Å². The molecule has 2 amide bonds. The monoisotopic (exact) mass is 314 g/mol. The van der Waals surface area contributed by atoms with Crippen LogP contribution in [0, 0.1) is 0 Å². The second-order valence-electron chi connectivity index (χ2n) is 5.30. The molecular formula is C18H22N2O3. The van der Waals surface area contributed by atoms with Crippen molar-refractivity contribution in [1.29, 1.82) is 0 Å². The van der Waals surface area contributed by atoms with Gasteiger partial charge in [0.05, 0.1) is 6.26 Å². The molecule has 122 valence electrons. The van der Waals surface area contributed by atoms with Crippen LogP contribution in [0.5, 0.6) is 0 Å². The topological polar surface area (TPSA) is 62.6 Å². The number of carbonyl (C=O) groups is 2. The standard InChI is InChI=1S/C18H22N2O3/c1-3-10-20(11-4-2)18(22)14-7-5-8-15(13-14)19-17(21)16-9-6-12-23-16/h5-9,12-13H,3-4,10-11H2,1-2H3,(H,19,21). The van der Waals surface area contributed by atoms with Crippen LogP contribution in [-0.4, -0.2) is 29.8 Å². The van der Waals surface area contributed by atoms with Crippen LogP contribution in [0.1, 0.15) is 47.6 Å². The van der Waals surface area contributed by atoms with E-state index < -0.39 is 0 Å². The number of hydrogen-bond donors (Lipinski definition) is 1. The molecule has 1 N–H and O–H groups in total. The average Bonchev–Trinajstić information content (AvgIpc) is 3.09. The van der Waals surface area contributed by atoms with Crippen LogP contribution in [0.3, 0.4) is 0 Å². The molecule has 2 rings (SSSR count). The number of anilines is 1. The number of nitrogens with one attached hydrogen (secondary N) is 1. The molecule has 1 heterocycles. The van der Waals surface area contributed by atoms with Crippen molar-refractivity contribution in [2.24, 2.45) is 0 Å². The molecule has 0 aliphatic heterocycles. The number of nitrogens with zero attached hydrogens (tertiary/aromatic N) is 1. The van der Waals surface area contributed by atoms with Gasteiger partial charge in [0.2, 0.25) is 0 Å². The lowest BCUT2D eigenvalue weighted by Gasteiger charge is -2.21. The molecule has 0 unspecified atom stereocenters. The minimum atomic E-state index is -0.335. The SMILES string of the molecule is CCCN(CCC)C(=O)c1cccc(NC(=O)c2ccco2)c1. The van der Waals surface area contributed by atoms with Crippen molar-refractivity contribution in [2.45, 2.75) is 26.7 Å². The Morgan fingerprint density at radius 2 is 1.83 bits per heavy atom. The number of furan rings is 1. The third-order valence-electron chi connectivity index (χ3n) is 3.39. The third kappa shape index (κ3) is 4.45. The fraction of sp³-hybridized carbons (Fsp3) is 0.333. The maximum Gasteiger partial charge on any atom is 0.291 e. The molecule has 1 aromatic carbocycles. The number of rotatable bonds is 7. The van der Waals surface area contributed by atoms with E-state index in [9.17, 15) is 9.59 Å². The molecular weight excluding hydrogens is 292 g/mol. The summed E-state index contributed by atoms with van der Waals surface area (Å²) in [6.45, 7) is 5.57. The fourth-order valence-corrected chi connectivity index (χ4v) is 2.37. The third-order valence-corrected chi connectivity index (χ3v) is 3.39. The van der Waals surface area contributed by atoms with Crippen LogP contribution in [0.25, 0.3) is 0 Å². The molecule has 0 bridgehead atoms. The Hall–Kier alpha value is -2.56. The molecule has 23 heavy (non-hydrogen) atoms. The van der Waals surface area contributed by atoms with Gasteiger partial charge in [-0.3, -0.25) is 9.59 Å². The summed E-state index contributed by atoms with van der Waals surface area (Å²) < 4.78 is 5.06. The maximum absolute atomic E-state index is 12.6. The predicted molar refractivity (Wildman–Crippen MR) is 89.6 cm³/mol. The molecule has 0 spiro atoms. The lowest BCUT2D eigenvalue weighted by Crippen LogP contribution is -2.32. The van der Waals surface area contributed by atoms with Gasteiger partial charge >= 0.3 is 0 Å². The molecule has 0 aliphatic carbocycles. The van der Waals surface area contributed by atoms with Crippen molar-refractivity contribution in [3.8, 4) is 0 Å². The van der Waals surface area contributed by atoms with E-state index in [0.717, 1.165) is 25.9 Å². The van der Waals surface area contributed by atoms with Gasteiger partial charge < -0.3 is 14.6 Å². The smallest absolute Gasteiger partial charge is 0.291 e. The second-order valence-corrected chi connectivity index (χ2v) is 5.30. The Morgan fingerprint density at radius 3 is 2.43 bits per heavy atom. The van der Waals surface area contributed by atoms with Gasteiger partial charge in [0.15, 0.2) is 5.76 Å². The molecule has 0 saturated heterocycles. The number of benzene rings is 1. The minimum absolute atomic E-state index is 0.0113. The van der Waals surface area contributed by atoms with Crippen LogP contribution in [0.2, 0.25) is 0 Å². The van der Waals surface area contributed by atoms with Gasteiger partial charge in [0, 0.05) is 24.3 Å². The Balaban J connectivity index is 2.12. The molecule has 0 radical (unpaired) electrons. The molecule has 0 atom stereocenters. The quantitative estimate of drug-likeness (QED) is 0.845. The Bertz CT molecular complexity index is 644. The summed E-state index contributed by atoms with van der Waals surface area (Å²) in [6.07, 6.45) is 3.28. The van der Waals surface area contributed by atoms with Crippen LogP contribution < -0.4 is 5.32 Å². The number of carbonyl (C=O) groups excluding carboxylic acids is 2. The average molecular weight is 314 g/mol. The van der Waals surface area contributed by atoms with Crippen molar-refractivity contribution < 1.29 is 14.0 Å². The lowest BCUT2D eigenvalue weighted by atomic mass is 10.1. The van der Waals surface area contributed by atoms with Crippen molar-refractivity contribution in [3.05, 3.63) is 54.0 Å². The summed E-state index contributed by atoms with van der Waals surface area (Å²) in [4.78, 5) is 26.4. The van der Waals surface area contributed by atoms with Crippen LogP contribution in [0.4, 0.5) is 5.69 Å².